The Hall–Kier alpha value is -5.57. The number of fused-ring (bicyclic) bond motifs is 1. The Labute approximate surface area is 399 Å². The predicted octanol–water partition coefficient (Wildman–Crippen LogP) is 14.8. The third-order valence-electron chi connectivity index (χ3n) is 10.7. The van der Waals surface area contributed by atoms with Gasteiger partial charge in [0, 0.05) is 60.5 Å². The van der Waals surface area contributed by atoms with Crippen LogP contribution in [0.5, 0.6) is 5.75 Å². The SMILES string of the molecule is [2H]c1c([2H])c(C(C([2H])([2H])[2H])(C([2H])([2H])[2H])C([2H])([2H])[2H])c([2H])c([2H])c1-c1ccnc(-c2[c-]c(-c3cccc4c3nc(-c3cc(C)cc(C(C)(C)C)c3O)n4-c3ccc(C([2H])([2H])[2H])cc3-c3ccccc3)cc(C(C)(C)C)c2)c1.[Pt]. The second kappa shape index (κ2) is 16.4. The zero-order chi connectivity index (χ0) is 56.2. The number of phenols is 1. The van der Waals surface area contributed by atoms with Crippen molar-refractivity contribution in [2.75, 3.05) is 0 Å². The number of hydrogen-bond acceptors (Lipinski definition) is 3. The minimum Gasteiger partial charge on any atom is -0.507 e. The fourth-order valence-electron chi connectivity index (χ4n) is 7.51. The first kappa shape index (κ1) is 27.4. The molecule has 0 saturated heterocycles. The summed E-state index contributed by atoms with van der Waals surface area (Å²) in [5.74, 6) is 0.419. The third-order valence-corrected chi connectivity index (χ3v) is 10.7. The van der Waals surface area contributed by atoms with Crippen LogP contribution in [0, 0.1) is 19.8 Å². The van der Waals surface area contributed by atoms with E-state index < -0.39 is 73.4 Å². The second-order valence-corrected chi connectivity index (χ2v) is 17.4. The van der Waals surface area contributed by atoms with Gasteiger partial charge in [-0.15, -0.1) is 29.3 Å². The Balaban J connectivity index is 0.00000861. The van der Waals surface area contributed by atoms with Gasteiger partial charge in [0.05, 0.1) is 27.8 Å². The van der Waals surface area contributed by atoms with Crippen LogP contribution in [0.15, 0.2) is 133 Å². The van der Waals surface area contributed by atoms with E-state index in [4.69, 9.17) is 26.9 Å². The van der Waals surface area contributed by atoms with Crippen LogP contribution in [0.1, 0.15) is 112 Å². The second-order valence-electron chi connectivity index (χ2n) is 17.4. The Bertz CT molecular complexity index is 3520. The number of imidazole rings is 1. The van der Waals surface area contributed by atoms with Gasteiger partial charge in [-0.3, -0.25) is 9.55 Å². The van der Waals surface area contributed by atoms with Gasteiger partial charge >= 0.3 is 0 Å². The average molecular weight is 998 g/mol. The van der Waals surface area contributed by atoms with Gasteiger partial charge in [0.1, 0.15) is 11.6 Å². The quantitative estimate of drug-likeness (QED) is 0.169. The van der Waals surface area contributed by atoms with Crippen molar-refractivity contribution in [3.63, 3.8) is 0 Å². The summed E-state index contributed by atoms with van der Waals surface area (Å²) in [6, 6.07) is 30.3. The number of phenolic OH excluding ortho intramolecular Hbond substituents is 1. The molecule has 0 aliphatic heterocycles. The molecule has 0 spiro atoms. The molecule has 0 unspecified atom stereocenters. The Morgan fingerprint density at radius 1 is 0.639 bits per heavy atom. The summed E-state index contributed by atoms with van der Waals surface area (Å²) in [4.78, 5) is 10.1. The number of rotatable bonds is 6. The third kappa shape index (κ3) is 8.66. The summed E-state index contributed by atoms with van der Waals surface area (Å²) in [6.45, 7) is 0.156. The molecule has 61 heavy (non-hydrogen) atoms. The standard InChI is InChI=1S/C56H56N3O.Pt/c1-35-20-25-49(45(28-35)38-16-13-12-14-17-38)59-50-19-15-18-44(51(50)58-53(59)46-29-36(2)30-47(52(46)60)56(9,10)11)40-31-41(33-43(32-40)55(6,7)8)48-34-39(26-27-57-48)37-21-23-42(24-22-37)54(3,4)5;/h12-30,32-34,60H,1-11H3;/q-1;/i1D3,3D3,4D3,5D3,21D,22D,23D,24D;. The number of para-hydroxylation sites is 1. The van der Waals surface area contributed by atoms with Crippen molar-refractivity contribution >= 4 is 11.0 Å². The minimum absolute atomic E-state index is 0. The first-order valence-electron chi connectivity index (χ1n) is 27.7. The molecule has 0 aliphatic carbocycles. The zero-order valence-corrected chi connectivity index (χ0v) is 37.3. The van der Waals surface area contributed by atoms with E-state index in [1.165, 1.54) is 18.3 Å². The van der Waals surface area contributed by atoms with E-state index in [2.05, 4.69) is 11.1 Å². The maximum absolute atomic E-state index is 12.3. The molecule has 8 rings (SSSR count). The Kier molecular flexibility index (Phi) is 7.35. The number of benzene rings is 6. The fourth-order valence-corrected chi connectivity index (χ4v) is 7.51. The molecule has 6 aromatic carbocycles. The summed E-state index contributed by atoms with van der Waals surface area (Å²) in [6.07, 6.45) is 1.39. The maximum atomic E-state index is 12.3. The van der Waals surface area contributed by atoms with Gasteiger partial charge in [-0.1, -0.05) is 164 Å². The van der Waals surface area contributed by atoms with Crippen molar-refractivity contribution in [1.82, 2.24) is 14.5 Å². The van der Waals surface area contributed by atoms with Crippen molar-refractivity contribution in [2.45, 2.75) is 92.1 Å². The van der Waals surface area contributed by atoms with Crippen LogP contribution in [0.3, 0.4) is 0 Å². The van der Waals surface area contributed by atoms with E-state index in [0.29, 0.717) is 55.9 Å². The summed E-state index contributed by atoms with van der Waals surface area (Å²) in [5, 5.41) is 12.3. The molecule has 0 aliphatic rings. The molecular formula is C56H56N3OPt-. The molecule has 0 fully saturated rings. The molecule has 0 radical (unpaired) electrons. The van der Waals surface area contributed by atoms with E-state index >= 15 is 0 Å². The number of pyridine rings is 1. The predicted molar refractivity (Wildman–Crippen MR) is 252 cm³/mol. The van der Waals surface area contributed by atoms with Crippen molar-refractivity contribution in [3.05, 3.63) is 167 Å². The first-order valence-corrected chi connectivity index (χ1v) is 19.7. The van der Waals surface area contributed by atoms with E-state index in [1.807, 2.05) is 126 Å². The van der Waals surface area contributed by atoms with Gasteiger partial charge in [-0.2, -0.15) is 0 Å². The smallest absolute Gasteiger partial charge is 0.148 e. The largest absolute Gasteiger partial charge is 0.507 e. The van der Waals surface area contributed by atoms with Gasteiger partial charge in [0.2, 0.25) is 0 Å². The van der Waals surface area contributed by atoms with Gasteiger partial charge in [0.25, 0.3) is 0 Å². The summed E-state index contributed by atoms with van der Waals surface area (Å²) >= 11 is 0. The molecule has 0 saturated carbocycles. The summed E-state index contributed by atoms with van der Waals surface area (Å²) in [5.41, 5.74) is 1.75. The van der Waals surface area contributed by atoms with Crippen LogP contribution in [-0.4, -0.2) is 19.6 Å². The number of aromatic nitrogens is 3. The molecular weight excluding hydrogens is 926 g/mol. The monoisotopic (exact) mass is 998 g/mol. The number of aryl methyl sites for hydroxylation is 2. The topological polar surface area (TPSA) is 50.9 Å². The van der Waals surface area contributed by atoms with Crippen LogP contribution in [0.25, 0.3) is 72.7 Å². The zero-order valence-electron chi connectivity index (χ0n) is 51.0. The van der Waals surface area contributed by atoms with E-state index in [1.54, 1.807) is 18.2 Å². The molecule has 4 nitrogen and oxygen atoms in total. The average Bonchev–Trinajstić information content (AvgIpc) is 3.72. The number of aromatic hydroxyl groups is 1. The van der Waals surface area contributed by atoms with Crippen molar-refractivity contribution in [3.8, 4) is 67.5 Å². The van der Waals surface area contributed by atoms with Crippen molar-refractivity contribution < 1.29 is 48.1 Å². The molecule has 8 aromatic rings. The molecule has 312 valence electrons. The van der Waals surface area contributed by atoms with Gasteiger partial charge in [-0.25, -0.2) is 4.98 Å². The molecule has 2 aromatic heterocycles. The van der Waals surface area contributed by atoms with E-state index in [9.17, 15) is 5.11 Å². The fraction of sp³-hybridized carbons (Fsp3) is 0.250. The van der Waals surface area contributed by atoms with Crippen LogP contribution in [0.4, 0.5) is 0 Å². The van der Waals surface area contributed by atoms with Gasteiger partial charge in [-0.05, 0) is 88.2 Å². The van der Waals surface area contributed by atoms with Crippen molar-refractivity contribution in [1.29, 1.82) is 0 Å². The first-order chi connectivity index (χ1) is 35.0. The van der Waals surface area contributed by atoms with Crippen LogP contribution >= 0.6 is 0 Å². The van der Waals surface area contributed by atoms with E-state index in [-0.39, 0.29) is 49.2 Å². The minimum atomic E-state index is -3.83. The van der Waals surface area contributed by atoms with Crippen molar-refractivity contribution in [2.24, 2.45) is 0 Å². The summed E-state index contributed by atoms with van der Waals surface area (Å²) in [7, 11) is 0. The number of nitrogens with zero attached hydrogens (tertiary/aromatic N) is 3. The molecule has 1 N–H and O–H groups in total. The molecule has 2 heterocycles. The van der Waals surface area contributed by atoms with Crippen LogP contribution in [-0.2, 0) is 37.3 Å². The van der Waals surface area contributed by atoms with Crippen LogP contribution < -0.4 is 0 Å². The van der Waals surface area contributed by atoms with Gasteiger partial charge in [0.15, 0.2) is 0 Å². The Morgan fingerprint density at radius 3 is 2.05 bits per heavy atom. The molecule has 0 atom stereocenters. The van der Waals surface area contributed by atoms with Gasteiger partial charge < -0.3 is 5.11 Å². The normalized spacial score (nSPS) is 16.8. The Morgan fingerprint density at radius 2 is 1.36 bits per heavy atom. The summed E-state index contributed by atoms with van der Waals surface area (Å²) < 4.78 is 137. The van der Waals surface area contributed by atoms with Crippen LogP contribution in [0.2, 0.25) is 0 Å². The van der Waals surface area contributed by atoms with E-state index in [0.717, 1.165) is 16.7 Å². The number of hydrogen-bond donors (Lipinski definition) is 1. The maximum Gasteiger partial charge on any atom is 0.148 e. The molecule has 0 bridgehead atoms. The molecule has 5 heteroatoms. The molecule has 0 amide bonds.